The number of hydrogen-bond donors (Lipinski definition) is 1. The van der Waals surface area contributed by atoms with Gasteiger partial charge in [0.15, 0.2) is 0 Å². The van der Waals surface area contributed by atoms with Crippen molar-refractivity contribution >= 4 is 22.7 Å². The minimum atomic E-state index is -2.62. The maximum atomic E-state index is 13.3. The van der Waals surface area contributed by atoms with Crippen molar-refractivity contribution in [1.29, 1.82) is 0 Å². The molecule has 31 heavy (non-hydrogen) atoms. The van der Waals surface area contributed by atoms with Gasteiger partial charge in [0.1, 0.15) is 5.75 Å². The van der Waals surface area contributed by atoms with Crippen molar-refractivity contribution in [2.24, 2.45) is 0 Å². The maximum absolute atomic E-state index is 13.3. The Morgan fingerprint density at radius 3 is 2.52 bits per heavy atom. The predicted octanol–water partition coefficient (Wildman–Crippen LogP) is 4.62. The lowest BCUT2D eigenvalue weighted by Gasteiger charge is -2.40. The molecule has 5 rings (SSSR count). The lowest BCUT2D eigenvalue weighted by Crippen LogP contribution is -2.56. The Labute approximate surface area is 177 Å². The first kappa shape index (κ1) is 19.3. The molecule has 0 saturated carbocycles. The Hall–Kier alpha value is -3.68. The third kappa shape index (κ3) is 3.88. The number of aromatic nitrogens is 3. The van der Waals surface area contributed by atoms with Crippen molar-refractivity contribution in [2.75, 3.05) is 23.7 Å². The standard InChI is InChI=1S/C23H21F2N5O/c1-15-2-9-21(27-11-15)31-18-6-3-16(4-7-18)12-30-20-10-17(29-13-23(24,25)14-29)5-8-19(20)28-22(30)26/h2-11H,12-14H2,1H3,(H2,26,28). The zero-order chi connectivity index (χ0) is 21.6. The Morgan fingerprint density at radius 1 is 1.06 bits per heavy atom. The number of ether oxygens (including phenoxy) is 1. The first-order valence-corrected chi connectivity index (χ1v) is 9.94. The smallest absolute Gasteiger partial charge is 0.282 e. The second-order valence-corrected chi connectivity index (χ2v) is 7.86. The number of nitrogens with two attached hydrogens (primary N) is 1. The Kier molecular flexibility index (Phi) is 4.50. The van der Waals surface area contributed by atoms with Crippen molar-refractivity contribution in [3.63, 3.8) is 0 Å². The van der Waals surface area contributed by atoms with Crippen LogP contribution in [0.5, 0.6) is 11.6 Å². The van der Waals surface area contributed by atoms with Crippen molar-refractivity contribution < 1.29 is 13.5 Å². The minimum Gasteiger partial charge on any atom is -0.439 e. The van der Waals surface area contributed by atoms with Crippen LogP contribution in [-0.4, -0.2) is 33.5 Å². The second-order valence-electron chi connectivity index (χ2n) is 7.86. The Bertz CT molecular complexity index is 1230. The lowest BCUT2D eigenvalue weighted by molar-refractivity contribution is -0.0262. The summed E-state index contributed by atoms with van der Waals surface area (Å²) in [4.78, 5) is 10.3. The molecule has 3 heterocycles. The van der Waals surface area contributed by atoms with E-state index >= 15 is 0 Å². The van der Waals surface area contributed by atoms with Gasteiger partial charge in [-0.3, -0.25) is 0 Å². The fraction of sp³-hybridized carbons (Fsp3) is 0.217. The van der Waals surface area contributed by atoms with Crippen molar-refractivity contribution in [3.05, 3.63) is 71.9 Å². The van der Waals surface area contributed by atoms with Crippen LogP contribution in [0.1, 0.15) is 11.1 Å². The summed E-state index contributed by atoms with van der Waals surface area (Å²) in [6.07, 6.45) is 1.76. The van der Waals surface area contributed by atoms with Crippen LogP contribution in [-0.2, 0) is 6.54 Å². The van der Waals surface area contributed by atoms with E-state index in [9.17, 15) is 8.78 Å². The van der Waals surface area contributed by atoms with Gasteiger partial charge in [-0.15, -0.1) is 0 Å². The molecule has 0 amide bonds. The van der Waals surface area contributed by atoms with Crippen molar-refractivity contribution in [3.8, 4) is 11.6 Å². The largest absolute Gasteiger partial charge is 0.439 e. The fourth-order valence-corrected chi connectivity index (χ4v) is 3.67. The van der Waals surface area contributed by atoms with Crippen LogP contribution < -0.4 is 15.4 Å². The van der Waals surface area contributed by atoms with Gasteiger partial charge in [-0.25, -0.2) is 18.7 Å². The number of anilines is 2. The molecule has 2 aromatic carbocycles. The van der Waals surface area contributed by atoms with E-state index in [0.717, 1.165) is 27.8 Å². The van der Waals surface area contributed by atoms with Crippen LogP contribution in [0.3, 0.4) is 0 Å². The number of fused-ring (bicyclic) bond motifs is 1. The number of imidazole rings is 1. The highest BCUT2D eigenvalue weighted by Crippen LogP contribution is 2.34. The molecule has 1 aliphatic rings. The van der Waals surface area contributed by atoms with Gasteiger partial charge in [0.25, 0.3) is 5.92 Å². The molecule has 1 saturated heterocycles. The zero-order valence-corrected chi connectivity index (χ0v) is 16.9. The lowest BCUT2D eigenvalue weighted by atomic mass is 10.1. The van der Waals surface area contributed by atoms with Crippen LogP contribution in [0.2, 0.25) is 0 Å². The van der Waals surface area contributed by atoms with Gasteiger partial charge < -0.3 is 19.9 Å². The summed E-state index contributed by atoms with van der Waals surface area (Å²) < 4.78 is 34.2. The highest BCUT2D eigenvalue weighted by Gasteiger charge is 2.44. The van der Waals surface area contributed by atoms with E-state index in [1.54, 1.807) is 17.2 Å². The van der Waals surface area contributed by atoms with E-state index in [1.807, 2.05) is 60.0 Å². The summed E-state index contributed by atoms with van der Waals surface area (Å²) in [5.74, 6) is -1.02. The average molecular weight is 421 g/mol. The first-order chi connectivity index (χ1) is 14.9. The summed E-state index contributed by atoms with van der Waals surface area (Å²) in [6.45, 7) is 1.95. The minimum absolute atomic E-state index is 0.264. The molecule has 8 heteroatoms. The molecule has 6 nitrogen and oxygen atoms in total. The molecule has 0 aliphatic carbocycles. The molecular weight excluding hydrogens is 400 g/mol. The number of pyridine rings is 1. The van der Waals surface area contributed by atoms with Crippen molar-refractivity contribution in [1.82, 2.24) is 14.5 Å². The molecule has 158 valence electrons. The molecule has 1 aliphatic heterocycles. The number of nitrogens with zero attached hydrogens (tertiary/aromatic N) is 4. The van der Waals surface area contributed by atoms with Gasteiger partial charge in [-0.1, -0.05) is 18.2 Å². The number of rotatable bonds is 5. The quantitative estimate of drug-likeness (QED) is 0.509. The first-order valence-electron chi connectivity index (χ1n) is 9.94. The number of benzene rings is 2. The van der Waals surface area contributed by atoms with Gasteiger partial charge in [0.2, 0.25) is 11.8 Å². The van der Waals surface area contributed by atoms with Crippen LogP contribution in [0, 0.1) is 6.92 Å². The third-order valence-corrected chi connectivity index (χ3v) is 5.34. The normalized spacial score (nSPS) is 15.1. The Balaban J connectivity index is 1.36. The molecule has 4 aromatic rings. The number of hydrogen-bond acceptors (Lipinski definition) is 5. The summed E-state index contributed by atoms with van der Waals surface area (Å²) >= 11 is 0. The van der Waals surface area contributed by atoms with E-state index in [1.165, 1.54) is 0 Å². The third-order valence-electron chi connectivity index (χ3n) is 5.34. The fourth-order valence-electron chi connectivity index (χ4n) is 3.67. The number of aryl methyl sites for hydroxylation is 1. The monoisotopic (exact) mass is 421 g/mol. The maximum Gasteiger partial charge on any atom is 0.282 e. The summed E-state index contributed by atoms with van der Waals surface area (Å²) in [6, 6.07) is 16.9. The summed E-state index contributed by atoms with van der Waals surface area (Å²) in [7, 11) is 0. The van der Waals surface area contributed by atoms with Crippen LogP contribution in [0.15, 0.2) is 60.8 Å². The van der Waals surface area contributed by atoms with E-state index < -0.39 is 5.92 Å². The highest BCUT2D eigenvalue weighted by atomic mass is 19.3. The molecule has 0 spiro atoms. The molecule has 0 unspecified atom stereocenters. The van der Waals surface area contributed by atoms with Gasteiger partial charge in [-0.05, 0) is 48.4 Å². The molecule has 0 bridgehead atoms. The van der Waals surface area contributed by atoms with Crippen LogP contribution in [0.25, 0.3) is 11.0 Å². The van der Waals surface area contributed by atoms with Gasteiger partial charge >= 0.3 is 0 Å². The Morgan fingerprint density at radius 2 is 1.84 bits per heavy atom. The molecule has 2 aromatic heterocycles. The van der Waals surface area contributed by atoms with E-state index in [-0.39, 0.29) is 13.1 Å². The van der Waals surface area contributed by atoms with Crippen molar-refractivity contribution in [2.45, 2.75) is 19.4 Å². The van der Waals surface area contributed by atoms with Gasteiger partial charge in [0, 0.05) is 18.0 Å². The van der Waals surface area contributed by atoms with Crippen LogP contribution in [0.4, 0.5) is 20.4 Å². The SMILES string of the molecule is Cc1ccc(Oc2ccc(Cn3c(N)nc4ccc(N5CC(F)(F)C5)cc43)cc2)nc1. The van der Waals surface area contributed by atoms with E-state index in [2.05, 4.69) is 9.97 Å². The topological polar surface area (TPSA) is 69.2 Å². The highest BCUT2D eigenvalue weighted by molar-refractivity contribution is 5.82. The van der Waals surface area contributed by atoms with Gasteiger partial charge in [0.05, 0.1) is 30.7 Å². The van der Waals surface area contributed by atoms with Gasteiger partial charge in [-0.2, -0.15) is 0 Å². The van der Waals surface area contributed by atoms with Crippen LogP contribution >= 0.6 is 0 Å². The molecular formula is C23H21F2N5O. The molecule has 2 N–H and O–H groups in total. The van der Waals surface area contributed by atoms with E-state index in [0.29, 0.717) is 24.1 Å². The summed E-state index contributed by atoms with van der Waals surface area (Å²) in [5.41, 5.74) is 10.5. The zero-order valence-electron chi connectivity index (χ0n) is 16.9. The second kappa shape index (κ2) is 7.23. The van der Waals surface area contributed by atoms with E-state index in [4.69, 9.17) is 10.5 Å². The summed E-state index contributed by atoms with van der Waals surface area (Å²) in [5, 5.41) is 0. The molecule has 1 fully saturated rings. The predicted molar refractivity (Wildman–Crippen MR) is 116 cm³/mol. The molecule has 0 atom stereocenters. The number of alkyl halides is 2. The molecule has 0 radical (unpaired) electrons. The average Bonchev–Trinajstić information content (AvgIpc) is 3.04. The number of nitrogen functional groups attached to an aromatic ring is 1. The number of halogens is 2.